The molecule has 4 aromatic carbocycles. The largest absolute Gasteiger partial charge is 2.00 e. The monoisotopic (exact) mass is 1150 g/mol. The molecule has 4 aromatic heterocycles. The van der Waals surface area contributed by atoms with E-state index in [1.54, 1.807) is 19.1 Å². The third kappa shape index (κ3) is 18.3. The van der Waals surface area contributed by atoms with Crippen molar-refractivity contribution in [2.45, 2.75) is 69.4 Å². The van der Waals surface area contributed by atoms with Gasteiger partial charge in [-0.3, -0.25) is 9.59 Å². The van der Waals surface area contributed by atoms with Crippen LogP contribution in [0, 0.1) is 0 Å². The number of aliphatic hydroxyl groups excluding tert-OH is 4. The second kappa shape index (κ2) is 29.0. The van der Waals surface area contributed by atoms with E-state index in [1.165, 1.54) is 82.7 Å². The Morgan fingerprint density at radius 3 is 1.42 bits per heavy atom. The number of anilines is 4. The van der Waals surface area contributed by atoms with Crippen LogP contribution in [0.5, 0.6) is 0 Å². The zero-order valence-corrected chi connectivity index (χ0v) is 45.2. The summed E-state index contributed by atoms with van der Waals surface area (Å²) < 4.78 is 88.7. The molecule has 416 valence electrons. The summed E-state index contributed by atoms with van der Waals surface area (Å²) in [6, 6.07) is 31.0. The molecule has 0 radical (unpaired) electrons. The number of aliphatic hydroxyl groups is 4. The summed E-state index contributed by atoms with van der Waals surface area (Å²) >= 11 is 0. The van der Waals surface area contributed by atoms with Gasteiger partial charge in [0.2, 0.25) is 11.9 Å². The number of carbonyl (C=O) groups excluding carboxylic acids is 1. The molecule has 0 aliphatic carbocycles. The summed E-state index contributed by atoms with van der Waals surface area (Å²) in [6.45, 7) is 1.82. The second-order valence-corrected chi connectivity index (χ2v) is 17.6. The number of nitrogens with zero attached hydrogens (tertiary/aromatic N) is 8. The maximum atomic E-state index is 13.6. The number of carbonyl (C=O) groups is 2. The zero-order chi connectivity index (χ0) is 57.4. The Morgan fingerprint density at radius 2 is 1.02 bits per heavy atom. The summed E-state index contributed by atoms with van der Waals surface area (Å²) in [5.74, 6) is -0.747. The van der Waals surface area contributed by atoms with Gasteiger partial charge in [-0.15, -0.1) is 0 Å². The van der Waals surface area contributed by atoms with Crippen molar-refractivity contribution in [1.82, 2.24) is 39.5 Å². The van der Waals surface area contributed by atoms with Crippen molar-refractivity contribution in [1.29, 1.82) is 0 Å². The summed E-state index contributed by atoms with van der Waals surface area (Å²) in [7, 11) is 0. The predicted octanol–water partition coefficient (Wildman–Crippen LogP) is 9.48. The summed E-state index contributed by atoms with van der Waals surface area (Å²) in [5.41, 5.74) is 1.49. The number of carboxylic acids is 1. The average molecular weight is 1150 g/mol. The Balaban J connectivity index is 0.000000258. The molecule has 18 nitrogen and oxygen atoms in total. The minimum absolute atomic E-state index is 0. The van der Waals surface area contributed by atoms with Crippen LogP contribution in [0.25, 0.3) is 46.3 Å². The molecule has 0 aliphatic heterocycles. The molecule has 4 atom stereocenters. The molecule has 0 saturated carbocycles. The van der Waals surface area contributed by atoms with Gasteiger partial charge in [0, 0.05) is 71.0 Å². The first-order valence-electron chi connectivity index (χ1n) is 24.5. The van der Waals surface area contributed by atoms with E-state index in [1.807, 2.05) is 60.7 Å². The molecular weight excluding hydrogens is 1090 g/mol. The van der Waals surface area contributed by atoms with Crippen LogP contribution >= 0.6 is 0 Å². The van der Waals surface area contributed by atoms with Crippen molar-refractivity contribution in [3.05, 3.63) is 181 Å². The van der Waals surface area contributed by atoms with Gasteiger partial charge in [0.1, 0.15) is 0 Å². The first-order chi connectivity index (χ1) is 38.2. The molecule has 0 unspecified atom stereocenters. The molecule has 0 saturated heterocycles. The smallest absolute Gasteiger partial charge is 0.481 e. The Bertz CT molecular complexity index is 3400. The van der Waals surface area contributed by atoms with E-state index in [9.17, 15) is 56.4 Å². The fourth-order valence-electron chi connectivity index (χ4n) is 7.86. The molecule has 0 bridgehead atoms. The SMILES string of the molecule is CCOC(=O)C[C@H](O)C[C@H](O)/C=C/c1cnn(-c2ccnc(Nc3ccccc3)n2)c1-c1cccc(C(F)(F)F)c1.O=C(O)C[C@H](O)C[C@H](O)/C=C/c1cnn(-c2ccnc(Nc3ccccc3)n2)c1-c1cccc(C(F)(F)F)c1.[Ca+2]. The molecule has 7 N–H and O–H groups in total. The minimum Gasteiger partial charge on any atom is -0.481 e. The number of ether oxygens (including phenoxy) is 1. The van der Waals surface area contributed by atoms with Crippen molar-refractivity contribution in [2.75, 3.05) is 17.2 Å². The molecule has 25 heteroatoms. The Labute approximate surface area is 489 Å². The first-order valence-corrected chi connectivity index (χ1v) is 24.5. The fraction of sp³-hybridized carbons (Fsp3) is 0.214. The van der Waals surface area contributed by atoms with Crippen LogP contribution in [-0.2, 0) is 26.7 Å². The first kappa shape index (κ1) is 62.4. The van der Waals surface area contributed by atoms with E-state index >= 15 is 0 Å². The fourth-order valence-corrected chi connectivity index (χ4v) is 7.86. The van der Waals surface area contributed by atoms with E-state index in [-0.39, 0.29) is 110 Å². The number of halogens is 6. The molecule has 0 fully saturated rings. The summed E-state index contributed by atoms with van der Waals surface area (Å²) in [6.07, 6.45) is -3.70. The van der Waals surface area contributed by atoms with Crippen LogP contribution in [0.15, 0.2) is 158 Å². The van der Waals surface area contributed by atoms with Crippen molar-refractivity contribution < 1.29 is 66.2 Å². The number of rotatable bonds is 21. The molecule has 0 amide bonds. The maximum absolute atomic E-state index is 13.6. The van der Waals surface area contributed by atoms with E-state index < -0.39 is 66.3 Å². The molecular formula is C56H52CaF6N10O8+2. The van der Waals surface area contributed by atoms with Crippen molar-refractivity contribution in [3.63, 3.8) is 0 Å². The van der Waals surface area contributed by atoms with Gasteiger partial charge < -0.3 is 40.9 Å². The van der Waals surface area contributed by atoms with Crippen molar-refractivity contribution in [3.8, 4) is 34.2 Å². The van der Waals surface area contributed by atoms with Crippen LogP contribution in [0.2, 0.25) is 0 Å². The van der Waals surface area contributed by atoms with Crippen LogP contribution in [0.3, 0.4) is 0 Å². The number of para-hydroxylation sites is 2. The van der Waals surface area contributed by atoms with Crippen molar-refractivity contribution >= 4 is 85.1 Å². The number of benzene rings is 4. The van der Waals surface area contributed by atoms with Crippen LogP contribution in [0.4, 0.5) is 49.6 Å². The number of aromatic nitrogens is 8. The Kier molecular flexibility index (Phi) is 22.4. The standard InChI is InChI=1S/C29H28F3N5O4.C27H24F3N5O4.Ca/c1-2-41-26(40)17-24(39)16-23(38)12-11-20-18-34-37(27(20)19-7-6-8-21(15-19)29(30,31)32)25-13-14-33-28(36-25)35-22-9-4-3-5-10-22;28-27(29,30)19-6-4-5-17(13-19)25-18(9-10-21(36)14-22(37)15-24(38)39)16-32-35(25)23-11-12-31-26(34-23)33-20-7-2-1-3-8-20;/h3-15,18,23-24,38-39H,2,16-17H2,1H3,(H,33,35,36);1-13,16,21-22,36-37H,14-15H2,(H,38,39)(H,31,33,34);/q;;+2/b12-11+;10-9+;/t23-,24-;21-,22-;/m11./s1. The minimum atomic E-state index is -4.57. The van der Waals surface area contributed by atoms with Crippen LogP contribution in [-0.4, -0.2) is 146 Å². The second-order valence-electron chi connectivity index (χ2n) is 17.6. The molecule has 0 aliphatic rings. The van der Waals surface area contributed by atoms with E-state index in [2.05, 4.69) is 40.8 Å². The van der Waals surface area contributed by atoms with Crippen LogP contribution < -0.4 is 10.6 Å². The molecule has 81 heavy (non-hydrogen) atoms. The molecule has 8 rings (SSSR count). The zero-order valence-electron chi connectivity index (χ0n) is 43.0. The number of alkyl halides is 6. The van der Waals surface area contributed by atoms with Crippen molar-refractivity contribution in [2.24, 2.45) is 0 Å². The summed E-state index contributed by atoms with van der Waals surface area (Å²) in [5, 5.41) is 64.2. The van der Waals surface area contributed by atoms with E-state index in [4.69, 9.17) is 9.84 Å². The average Bonchev–Trinajstić information content (AvgIpc) is 4.08. The third-order valence-corrected chi connectivity index (χ3v) is 11.4. The third-order valence-electron chi connectivity index (χ3n) is 11.4. The van der Waals surface area contributed by atoms with Gasteiger partial charge in [-0.25, -0.2) is 19.3 Å². The number of aliphatic carboxylic acids is 1. The van der Waals surface area contributed by atoms with E-state index in [0.29, 0.717) is 11.1 Å². The van der Waals surface area contributed by atoms with E-state index in [0.717, 1.165) is 35.6 Å². The summed E-state index contributed by atoms with van der Waals surface area (Å²) in [4.78, 5) is 39.7. The van der Waals surface area contributed by atoms with Gasteiger partial charge >= 0.3 is 62.0 Å². The number of esters is 1. The molecule has 0 spiro atoms. The predicted molar refractivity (Wildman–Crippen MR) is 289 cm³/mol. The number of carboxylic acid groups (broad SMARTS) is 1. The van der Waals surface area contributed by atoms with Gasteiger partial charge in [0.15, 0.2) is 11.6 Å². The number of hydrogen-bond acceptors (Lipinski definition) is 15. The van der Waals surface area contributed by atoms with Gasteiger partial charge in [-0.1, -0.05) is 85.0 Å². The quantitative estimate of drug-likeness (QED) is 0.0201. The maximum Gasteiger partial charge on any atom is 2.00 e. The van der Waals surface area contributed by atoms with Gasteiger partial charge in [0.05, 0.1) is 78.8 Å². The topological polar surface area (TPSA) is 256 Å². The number of nitrogens with one attached hydrogen (secondary N) is 2. The van der Waals surface area contributed by atoms with Gasteiger partial charge in [0.25, 0.3) is 0 Å². The normalized spacial score (nSPS) is 13.1. The van der Waals surface area contributed by atoms with Crippen LogP contribution in [0.1, 0.15) is 54.9 Å². The number of hydrogen-bond donors (Lipinski definition) is 7. The Morgan fingerprint density at radius 1 is 0.605 bits per heavy atom. The Hall–Kier alpha value is -7.84. The molecule has 8 aromatic rings. The van der Waals surface area contributed by atoms with Gasteiger partial charge in [-0.2, -0.15) is 46.5 Å². The molecule has 4 heterocycles. The van der Waals surface area contributed by atoms with Gasteiger partial charge in [-0.05, 0) is 55.5 Å².